The molecule has 4 aliphatic rings. The number of halogens is 4. The Hall–Kier alpha value is -2.38. The zero-order valence-corrected chi connectivity index (χ0v) is 20.3. The number of carbonyl (C=O) groups excluding carboxylic acids is 2. The molecule has 3 aliphatic carbocycles. The summed E-state index contributed by atoms with van der Waals surface area (Å²) < 4.78 is 54.9. The number of fused-ring (bicyclic) bond motifs is 5. The third-order valence-corrected chi connectivity index (χ3v) is 9.96. The number of rotatable bonds is 2. The molecule has 1 heterocycles. The first kappa shape index (κ1) is 24.3. The third-order valence-electron chi connectivity index (χ3n) is 9.96. The number of hydrogen-bond donors (Lipinski definition) is 1. The van der Waals surface area contributed by atoms with Crippen LogP contribution >= 0.6 is 0 Å². The molecule has 1 aromatic carbocycles. The number of para-hydroxylation sites is 1. The van der Waals surface area contributed by atoms with Crippen LogP contribution in [-0.4, -0.2) is 29.8 Å². The summed E-state index contributed by atoms with van der Waals surface area (Å²) in [5, 5.41) is 2.60. The van der Waals surface area contributed by atoms with Crippen molar-refractivity contribution in [2.24, 2.45) is 34.5 Å². The van der Waals surface area contributed by atoms with Crippen molar-refractivity contribution >= 4 is 17.5 Å². The van der Waals surface area contributed by atoms with Crippen LogP contribution in [0.4, 0.5) is 23.2 Å². The predicted molar refractivity (Wildman–Crippen MR) is 124 cm³/mol. The van der Waals surface area contributed by atoms with Crippen LogP contribution in [0.3, 0.4) is 0 Å². The average Bonchev–Trinajstić information content (AvgIpc) is 3.14. The summed E-state index contributed by atoms with van der Waals surface area (Å²) in [6, 6.07) is 5.05. The van der Waals surface area contributed by atoms with Crippen LogP contribution in [0.1, 0.15) is 57.9 Å². The molecule has 2 amide bonds. The van der Waals surface area contributed by atoms with Gasteiger partial charge in [0.05, 0.1) is 11.3 Å². The SMILES string of the molecule is CN1C(=O)C(F)=C[C@]2(C)C3CC[C@]4(C)[C@@H](C(=O)Nc5ccccc5C(F)(F)F)CC[C@H]4C3CC[C@@H]12. The van der Waals surface area contributed by atoms with E-state index in [1.54, 1.807) is 18.0 Å². The molecule has 4 nitrogen and oxygen atoms in total. The van der Waals surface area contributed by atoms with Crippen molar-refractivity contribution in [3.8, 4) is 0 Å². The molecule has 0 spiro atoms. The van der Waals surface area contributed by atoms with Gasteiger partial charge in [0.2, 0.25) is 5.91 Å². The number of hydrogen-bond acceptors (Lipinski definition) is 2. The molecular formula is C27H32F4N2O2. The Balaban J connectivity index is 1.39. The first-order valence-corrected chi connectivity index (χ1v) is 12.5. The second-order valence-corrected chi connectivity index (χ2v) is 11.5. The zero-order chi connectivity index (χ0) is 25.3. The molecule has 0 radical (unpaired) electrons. The van der Waals surface area contributed by atoms with Crippen LogP contribution < -0.4 is 5.32 Å². The molecule has 1 aromatic rings. The van der Waals surface area contributed by atoms with Crippen LogP contribution in [0.2, 0.25) is 0 Å². The molecule has 0 saturated heterocycles. The fraction of sp³-hybridized carbons (Fsp3) is 0.630. The standard InChI is InChI=1S/C27H32F4N2O2/c1-25-13-12-17-15(8-11-22-26(17,2)14-20(28)24(35)33(22)3)16(25)9-10-19(25)23(34)32-21-7-5-4-6-18(21)27(29,30)31/h4-7,14-17,19,22H,8-13H2,1-3H3,(H,32,34)/t15?,16-,17?,19+,22+,25-,26+/m0/s1. The van der Waals surface area contributed by atoms with E-state index in [-0.39, 0.29) is 40.8 Å². The van der Waals surface area contributed by atoms with E-state index in [0.29, 0.717) is 12.3 Å². The molecule has 190 valence electrons. The summed E-state index contributed by atoms with van der Waals surface area (Å²) in [5.74, 6) is -1.22. The molecule has 2 unspecified atom stereocenters. The Morgan fingerprint density at radius 3 is 2.49 bits per heavy atom. The van der Waals surface area contributed by atoms with Gasteiger partial charge in [0.15, 0.2) is 5.83 Å². The molecule has 3 saturated carbocycles. The van der Waals surface area contributed by atoms with Gasteiger partial charge < -0.3 is 10.2 Å². The second kappa shape index (κ2) is 8.07. The summed E-state index contributed by atoms with van der Waals surface area (Å²) >= 11 is 0. The van der Waals surface area contributed by atoms with Crippen LogP contribution in [0.15, 0.2) is 36.2 Å². The van der Waals surface area contributed by atoms with Crippen molar-refractivity contribution in [3.05, 3.63) is 41.7 Å². The lowest BCUT2D eigenvalue weighted by molar-refractivity contribution is -0.144. The van der Waals surface area contributed by atoms with E-state index in [0.717, 1.165) is 38.2 Å². The fourth-order valence-electron chi connectivity index (χ4n) is 8.32. The summed E-state index contributed by atoms with van der Waals surface area (Å²) in [6.45, 7) is 4.18. The average molecular weight is 493 g/mol. The molecule has 1 N–H and O–H groups in total. The van der Waals surface area contributed by atoms with Crippen LogP contribution in [0.5, 0.6) is 0 Å². The number of nitrogens with zero attached hydrogens (tertiary/aromatic N) is 1. The van der Waals surface area contributed by atoms with E-state index in [9.17, 15) is 27.2 Å². The lowest BCUT2D eigenvalue weighted by Gasteiger charge is -2.60. The Morgan fingerprint density at radius 2 is 1.77 bits per heavy atom. The van der Waals surface area contributed by atoms with Gasteiger partial charge in [-0.1, -0.05) is 26.0 Å². The highest BCUT2D eigenvalue weighted by molar-refractivity contribution is 5.94. The van der Waals surface area contributed by atoms with Gasteiger partial charge in [0.1, 0.15) is 0 Å². The van der Waals surface area contributed by atoms with Gasteiger partial charge in [-0.3, -0.25) is 9.59 Å². The lowest BCUT2D eigenvalue weighted by Crippen LogP contribution is -2.60. The van der Waals surface area contributed by atoms with E-state index in [1.807, 2.05) is 0 Å². The van der Waals surface area contributed by atoms with Gasteiger partial charge in [-0.25, -0.2) is 4.39 Å². The first-order valence-electron chi connectivity index (χ1n) is 12.5. The monoisotopic (exact) mass is 492 g/mol. The molecule has 3 fully saturated rings. The highest BCUT2D eigenvalue weighted by atomic mass is 19.4. The summed E-state index contributed by atoms with van der Waals surface area (Å²) in [5.41, 5.74) is -1.81. The highest BCUT2D eigenvalue weighted by Gasteiger charge is 2.62. The molecule has 0 aromatic heterocycles. The minimum Gasteiger partial charge on any atom is -0.336 e. The lowest BCUT2D eigenvalue weighted by atomic mass is 9.47. The Morgan fingerprint density at radius 1 is 1.06 bits per heavy atom. The maximum absolute atomic E-state index is 14.6. The van der Waals surface area contributed by atoms with Crippen molar-refractivity contribution in [1.29, 1.82) is 0 Å². The highest BCUT2D eigenvalue weighted by Crippen LogP contribution is 2.65. The summed E-state index contributed by atoms with van der Waals surface area (Å²) in [4.78, 5) is 27.1. The summed E-state index contributed by atoms with van der Waals surface area (Å²) in [7, 11) is 1.68. The molecule has 8 heteroatoms. The molecule has 5 rings (SSSR count). The Bertz CT molecular complexity index is 1090. The fourth-order valence-corrected chi connectivity index (χ4v) is 8.32. The number of nitrogens with one attached hydrogen (secondary N) is 1. The van der Waals surface area contributed by atoms with Gasteiger partial charge in [-0.05, 0) is 79.9 Å². The molecule has 7 atom stereocenters. The number of carbonyl (C=O) groups is 2. The van der Waals surface area contributed by atoms with Crippen LogP contribution in [0.25, 0.3) is 0 Å². The zero-order valence-electron chi connectivity index (χ0n) is 20.3. The maximum atomic E-state index is 14.6. The van der Waals surface area contributed by atoms with Crippen LogP contribution in [0, 0.1) is 34.5 Å². The van der Waals surface area contributed by atoms with Gasteiger partial charge in [0, 0.05) is 24.4 Å². The smallest absolute Gasteiger partial charge is 0.336 e. The largest absolute Gasteiger partial charge is 0.418 e. The molecule has 0 bridgehead atoms. The van der Waals surface area contributed by atoms with E-state index in [2.05, 4.69) is 19.2 Å². The van der Waals surface area contributed by atoms with E-state index < -0.39 is 28.9 Å². The Labute approximate surface area is 203 Å². The van der Waals surface area contributed by atoms with Gasteiger partial charge in [-0.2, -0.15) is 13.2 Å². The maximum Gasteiger partial charge on any atom is 0.418 e. The molecule has 1 aliphatic heterocycles. The number of amides is 2. The third kappa shape index (κ3) is 3.61. The van der Waals surface area contributed by atoms with Crippen molar-refractivity contribution in [2.75, 3.05) is 12.4 Å². The van der Waals surface area contributed by atoms with Crippen molar-refractivity contribution in [3.63, 3.8) is 0 Å². The second-order valence-electron chi connectivity index (χ2n) is 11.5. The van der Waals surface area contributed by atoms with E-state index in [1.165, 1.54) is 18.2 Å². The normalized spacial score (nSPS) is 38.8. The topological polar surface area (TPSA) is 49.4 Å². The first-order chi connectivity index (χ1) is 16.4. The molecule has 35 heavy (non-hydrogen) atoms. The number of likely N-dealkylation sites (N-methyl/N-ethyl adjacent to an activating group) is 1. The number of alkyl halides is 3. The number of anilines is 1. The minimum absolute atomic E-state index is 0.0422. The predicted octanol–water partition coefficient (Wildman–Crippen LogP) is 6.20. The molecular weight excluding hydrogens is 460 g/mol. The van der Waals surface area contributed by atoms with Crippen molar-refractivity contribution in [1.82, 2.24) is 4.90 Å². The Kier molecular flexibility index (Phi) is 5.61. The van der Waals surface area contributed by atoms with Crippen molar-refractivity contribution in [2.45, 2.75) is 64.6 Å². The quantitative estimate of drug-likeness (QED) is 0.500. The van der Waals surface area contributed by atoms with E-state index >= 15 is 0 Å². The van der Waals surface area contributed by atoms with Gasteiger partial charge in [-0.15, -0.1) is 0 Å². The van der Waals surface area contributed by atoms with Gasteiger partial charge in [0.25, 0.3) is 5.91 Å². The van der Waals surface area contributed by atoms with Crippen LogP contribution in [-0.2, 0) is 15.8 Å². The van der Waals surface area contributed by atoms with Crippen molar-refractivity contribution < 1.29 is 27.2 Å². The summed E-state index contributed by atoms with van der Waals surface area (Å²) in [6.07, 6.45) is 1.72. The number of benzene rings is 1. The van der Waals surface area contributed by atoms with Gasteiger partial charge >= 0.3 is 6.18 Å². The minimum atomic E-state index is -4.55. The van der Waals surface area contributed by atoms with E-state index in [4.69, 9.17) is 0 Å².